The molecule has 2 rings (SSSR count). The normalized spacial score (nSPS) is 19.2. The summed E-state index contributed by atoms with van der Waals surface area (Å²) < 4.78 is 27.0. The van der Waals surface area contributed by atoms with Crippen molar-refractivity contribution in [2.75, 3.05) is 19.6 Å². The second-order valence-electron chi connectivity index (χ2n) is 5.54. The summed E-state index contributed by atoms with van der Waals surface area (Å²) in [4.78, 5) is 0.271. The summed E-state index contributed by atoms with van der Waals surface area (Å²) in [5.74, 6) is 0.345. The fourth-order valence-corrected chi connectivity index (χ4v) is 4.43. The molecule has 1 fully saturated rings. The Balaban J connectivity index is 0.00000242. The van der Waals surface area contributed by atoms with Gasteiger partial charge in [-0.15, -0.1) is 12.4 Å². The Morgan fingerprint density at radius 2 is 2.18 bits per heavy atom. The lowest BCUT2D eigenvalue weighted by Crippen LogP contribution is -2.40. The van der Waals surface area contributed by atoms with Gasteiger partial charge in [0.05, 0.1) is 16.5 Å². The maximum atomic E-state index is 12.7. The van der Waals surface area contributed by atoms with Gasteiger partial charge in [0.2, 0.25) is 10.0 Å². The van der Waals surface area contributed by atoms with Crippen LogP contribution < -0.4 is 5.73 Å². The van der Waals surface area contributed by atoms with Crippen LogP contribution in [0.5, 0.6) is 0 Å². The zero-order valence-electron chi connectivity index (χ0n) is 12.7. The molecule has 5 nitrogen and oxygen atoms in total. The van der Waals surface area contributed by atoms with Crippen LogP contribution in [0.1, 0.15) is 30.4 Å². The van der Waals surface area contributed by atoms with Crippen LogP contribution >= 0.6 is 12.4 Å². The lowest BCUT2D eigenvalue weighted by atomic mass is 9.96. The molecule has 0 aliphatic carbocycles. The molecule has 0 spiro atoms. The van der Waals surface area contributed by atoms with E-state index < -0.39 is 10.0 Å². The molecule has 0 saturated carbocycles. The molecule has 1 atom stereocenters. The predicted molar refractivity (Wildman–Crippen MR) is 88.3 cm³/mol. The van der Waals surface area contributed by atoms with Gasteiger partial charge in [-0.05, 0) is 62.4 Å². The number of hydrogen-bond acceptors (Lipinski definition) is 4. The Morgan fingerprint density at radius 3 is 2.77 bits per heavy atom. The van der Waals surface area contributed by atoms with Crippen LogP contribution in [0.15, 0.2) is 23.1 Å². The first-order valence-electron chi connectivity index (χ1n) is 7.20. The largest absolute Gasteiger partial charge is 0.330 e. The molecule has 1 unspecified atom stereocenters. The lowest BCUT2D eigenvalue weighted by Gasteiger charge is -2.31. The van der Waals surface area contributed by atoms with Crippen molar-refractivity contribution in [3.05, 3.63) is 29.3 Å². The molecule has 2 N–H and O–H groups in total. The number of halogens is 1. The monoisotopic (exact) mass is 343 g/mol. The first kappa shape index (κ1) is 18.9. The molecular formula is C15H22ClN3O2S. The average molecular weight is 344 g/mol. The maximum Gasteiger partial charge on any atom is 0.243 e. The molecule has 1 aromatic rings. The van der Waals surface area contributed by atoms with Gasteiger partial charge in [-0.3, -0.25) is 0 Å². The topological polar surface area (TPSA) is 87.2 Å². The maximum absolute atomic E-state index is 12.7. The number of nitrogens with zero attached hydrogens (tertiary/aromatic N) is 2. The van der Waals surface area contributed by atoms with Gasteiger partial charge in [-0.25, -0.2) is 8.42 Å². The Labute approximate surface area is 138 Å². The molecule has 0 bridgehead atoms. The predicted octanol–water partition coefficient (Wildman–Crippen LogP) is 2.04. The summed E-state index contributed by atoms with van der Waals surface area (Å²) in [5, 5.41) is 8.93. The number of nitrogens with two attached hydrogens (primary N) is 1. The van der Waals surface area contributed by atoms with Crippen LogP contribution in [0.3, 0.4) is 0 Å². The third kappa shape index (κ3) is 3.99. The number of sulfonamides is 1. The van der Waals surface area contributed by atoms with E-state index in [4.69, 9.17) is 11.0 Å². The van der Waals surface area contributed by atoms with Crippen molar-refractivity contribution in [3.8, 4) is 6.07 Å². The van der Waals surface area contributed by atoms with Gasteiger partial charge in [0.25, 0.3) is 0 Å². The van der Waals surface area contributed by atoms with E-state index in [-0.39, 0.29) is 17.3 Å². The van der Waals surface area contributed by atoms with Crippen molar-refractivity contribution in [1.29, 1.82) is 5.26 Å². The Hall–Kier alpha value is -1.13. The van der Waals surface area contributed by atoms with Gasteiger partial charge in [-0.2, -0.15) is 9.57 Å². The molecule has 1 aliphatic heterocycles. The SMILES string of the molecule is Cc1cc(S(=O)(=O)N2CCCC(CCN)C2)ccc1C#N.Cl. The van der Waals surface area contributed by atoms with Crippen LogP contribution in [-0.2, 0) is 10.0 Å². The smallest absolute Gasteiger partial charge is 0.243 e. The highest BCUT2D eigenvalue weighted by molar-refractivity contribution is 7.89. The van der Waals surface area contributed by atoms with E-state index >= 15 is 0 Å². The van der Waals surface area contributed by atoms with Crippen molar-refractivity contribution in [2.24, 2.45) is 11.7 Å². The number of hydrogen-bond donors (Lipinski definition) is 1. The first-order chi connectivity index (χ1) is 9.98. The molecule has 1 aliphatic rings. The molecule has 0 aromatic heterocycles. The summed E-state index contributed by atoms with van der Waals surface area (Å²) in [6, 6.07) is 6.73. The third-order valence-corrected chi connectivity index (χ3v) is 5.87. The van der Waals surface area contributed by atoms with Crippen molar-refractivity contribution >= 4 is 22.4 Å². The van der Waals surface area contributed by atoms with Gasteiger partial charge < -0.3 is 5.73 Å². The van der Waals surface area contributed by atoms with Gasteiger partial charge >= 0.3 is 0 Å². The minimum Gasteiger partial charge on any atom is -0.330 e. The second kappa shape index (κ2) is 7.93. The van der Waals surface area contributed by atoms with E-state index in [1.807, 2.05) is 0 Å². The van der Waals surface area contributed by atoms with E-state index in [0.717, 1.165) is 19.3 Å². The van der Waals surface area contributed by atoms with E-state index in [2.05, 4.69) is 6.07 Å². The van der Waals surface area contributed by atoms with Crippen molar-refractivity contribution in [2.45, 2.75) is 31.1 Å². The molecule has 0 amide bonds. The van der Waals surface area contributed by atoms with Gasteiger partial charge in [0.1, 0.15) is 0 Å². The summed E-state index contributed by atoms with van der Waals surface area (Å²) >= 11 is 0. The molecule has 22 heavy (non-hydrogen) atoms. The van der Waals surface area contributed by atoms with Gasteiger partial charge in [-0.1, -0.05) is 0 Å². The third-order valence-electron chi connectivity index (χ3n) is 4.01. The minimum absolute atomic E-state index is 0. The number of nitriles is 1. The highest BCUT2D eigenvalue weighted by Crippen LogP contribution is 2.26. The fourth-order valence-electron chi connectivity index (χ4n) is 2.79. The van der Waals surface area contributed by atoms with E-state index in [9.17, 15) is 8.42 Å². The zero-order chi connectivity index (χ0) is 15.5. The lowest BCUT2D eigenvalue weighted by molar-refractivity contribution is 0.258. The molecule has 122 valence electrons. The van der Waals surface area contributed by atoms with E-state index in [1.165, 1.54) is 6.07 Å². The summed E-state index contributed by atoms with van der Waals surface area (Å²) in [6.07, 6.45) is 2.77. The van der Waals surface area contributed by atoms with Crippen LogP contribution in [0.4, 0.5) is 0 Å². The highest BCUT2D eigenvalue weighted by atomic mass is 35.5. The molecule has 1 aromatic carbocycles. The average Bonchev–Trinajstić information content (AvgIpc) is 2.48. The first-order valence-corrected chi connectivity index (χ1v) is 8.64. The number of aryl methyl sites for hydroxylation is 1. The Kier molecular flexibility index (Phi) is 6.82. The van der Waals surface area contributed by atoms with Crippen LogP contribution in [0.2, 0.25) is 0 Å². The zero-order valence-corrected chi connectivity index (χ0v) is 14.3. The van der Waals surface area contributed by atoms with Crippen molar-refractivity contribution in [3.63, 3.8) is 0 Å². The Bertz CT molecular complexity index is 653. The number of rotatable bonds is 4. The van der Waals surface area contributed by atoms with Crippen molar-refractivity contribution < 1.29 is 8.42 Å². The van der Waals surface area contributed by atoms with Crippen LogP contribution in [0, 0.1) is 24.2 Å². The molecular weight excluding hydrogens is 322 g/mol. The highest BCUT2D eigenvalue weighted by Gasteiger charge is 2.30. The van der Waals surface area contributed by atoms with Crippen LogP contribution in [0.25, 0.3) is 0 Å². The van der Waals surface area contributed by atoms with Crippen LogP contribution in [-0.4, -0.2) is 32.4 Å². The fraction of sp³-hybridized carbons (Fsp3) is 0.533. The summed E-state index contributed by atoms with van der Waals surface area (Å²) in [7, 11) is -3.48. The number of piperidine rings is 1. The van der Waals surface area contributed by atoms with Crippen molar-refractivity contribution in [1.82, 2.24) is 4.31 Å². The molecule has 1 saturated heterocycles. The summed E-state index contributed by atoms with van der Waals surface area (Å²) in [6.45, 7) is 3.45. The molecule has 7 heteroatoms. The standard InChI is InChI=1S/C15H21N3O2S.ClH/c1-12-9-15(5-4-14(12)10-17)21(19,20)18-8-2-3-13(11-18)6-7-16;/h4-5,9,13H,2-3,6-8,11,16H2,1H3;1H. The number of benzene rings is 1. The molecule has 1 heterocycles. The quantitative estimate of drug-likeness (QED) is 0.906. The Morgan fingerprint density at radius 1 is 1.45 bits per heavy atom. The minimum atomic E-state index is -3.48. The second-order valence-corrected chi connectivity index (χ2v) is 7.48. The molecule has 0 radical (unpaired) electrons. The van der Waals surface area contributed by atoms with Gasteiger partial charge in [0, 0.05) is 13.1 Å². The van der Waals surface area contributed by atoms with E-state index in [0.29, 0.717) is 36.7 Å². The van der Waals surface area contributed by atoms with E-state index in [1.54, 1.807) is 23.4 Å². The van der Waals surface area contributed by atoms with Gasteiger partial charge in [0.15, 0.2) is 0 Å². The summed E-state index contributed by atoms with van der Waals surface area (Å²) in [5.41, 5.74) is 6.78.